The van der Waals surface area contributed by atoms with Crippen LogP contribution in [0.4, 0.5) is 0 Å². The third kappa shape index (κ3) is 3.40. The summed E-state index contributed by atoms with van der Waals surface area (Å²) < 4.78 is 2.40. The molecule has 2 aromatic rings. The minimum Gasteiger partial charge on any atom is -0.352 e. The largest absolute Gasteiger partial charge is 0.352 e. The minimum atomic E-state index is -0.0954. The lowest BCUT2D eigenvalue weighted by Crippen LogP contribution is -2.25. The van der Waals surface area contributed by atoms with E-state index in [1.54, 1.807) is 29.2 Å². The van der Waals surface area contributed by atoms with Gasteiger partial charge in [-0.15, -0.1) is 0 Å². The zero-order chi connectivity index (χ0) is 13.0. The molecule has 5 nitrogen and oxygen atoms in total. The number of hydrogen-bond donors (Lipinski definition) is 1. The van der Waals surface area contributed by atoms with Crippen molar-refractivity contribution in [2.75, 3.05) is 6.54 Å². The Balaban J connectivity index is 1.85. The van der Waals surface area contributed by atoms with Crippen molar-refractivity contribution in [2.24, 2.45) is 7.05 Å². The second kappa shape index (κ2) is 5.77. The fourth-order valence-corrected chi connectivity index (χ4v) is 1.93. The SMILES string of the molecule is Cn1cc(CCNC(=O)c2ccnc(Br)c2)cn1. The first-order valence-corrected chi connectivity index (χ1v) is 6.32. The van der Waals surface area contributed by atoms with Gasteiger partial charge in [-0.2, -0.15) is 5.10 Å². The Kier molecular flexibility index (Phi) is 4.09. The highest BCUT2D eigenvalue weighted by Gasteiger charge is 2.05. The van der Waals surface area contributed by atoms with Gasteiger partial charge in [-0.25, -0.2) is 4.98 Å². The molecule has 2 rings (SSSR count). The minimum absolute atomic E-state index is 0.0954. The van der Waals surface area contributed by atoms with Crippen LogP contribution in [0.2, 0.25) is 0 Å². The Morgan fingerprint density at radius 2 is 2.39 bits per heavy atom. The van der Waals surface area contributed by atoms with Crippen LogP contribution in [0, 0.1) is 0 Å². The number of halogens is 1. The Labute approximate surface area is 113 Å². The first-order valence-electron chi connectivity index (χ1n) is 5.52. The number of aryl methyl sites for hydroxylation is 1. The summed E-state index contributed by atoms with van der Waals surface area (Å²) in [6, 6.07) is 3.38. The molecule has 0 fully saturated rings. The number of carbonyl (C=O) groups excluding carboxylic acids is 1. The van der Waals surface area contributed by atoms with Crippen molar-refractivity contribution in [1.82, 2.24) is 20.1 Å². The van der Waals surface area contributed by atoms with E-state index in [1.807, 2.05) is 13.2 Å². The van der Waals surface area contributed by atoms with E-state index in [0.717, 1.165) is 12.0 Å². The van der Waals surface area contributed by atoms with Gasteiger partial charge in [-0.3, -0.25) is 9.48 Å². The van der Waals surface area contributed by atoms with E-state index in [9.17, 15) is 4.79 Å². The zero-order valence-corrected chi connectivity index (χ0v) is 11.5. The van der Waals surface area contributed by atoms with Gasteiger partial charge in [-0.1, -0.05) is 0 Å². The Bertz CT molecular complexity index is 553. The highest BCUT2D eigenvalue weighted by atomic mass is 79.9. The maximum absolute atomic E-state index is 11.8. The fraction of sp³-hybridized carbons (Fsp3) is 0.250. The number of aromatic nitrogens is 3. The summed E-state index contributed by atoms with van der Waals surface area (Å²) in [6.07, 6.45) is 6.11. The van der Waals surface area contributed by atoms with Crippen molar-refractivity contribution in [1.29, 1.82) is 0 Å². The van der Waals surface area contributed by atoms with Crippen LogP contribution in [0.1, 0.15) is 15.9 Å². The molecule has 0 radical (unpaired) electrons. The molecular formula is C12H13BrN4O. The molecule has 0 spiro atoms. The molecule has 94 valence electrons. The predicted octanol–water partition coefficient (Wildman–Crippen LogP) is 1.55. The number of nitrogens with one attached hydrogen (secondary N) is 1. The Morgan fingerprint density at radius 1 is 1.56 bits per heavy atom. The first-order chi connectivity index (χ1) is 8.65. The molecule has 18 heavy (non-hydrogen) atoms. The lowest BCUT2D eigenvalue weighted by Gasteiger charge is -2.04. The second-order valence-electron chi connectivity index (χ2n) is 3.90. The number of amides is 1. The first kappa shape index (κ1) is 12.8. The molecule has 0 saturated heterocycles. The predicted molar refractivity (Wildman–Crippen MR) is 71.2 cm³/mol. The van der Waals surface area contributed by atoms with Crippen molar-refractivity contribution < 1.29 is 4.79 Å². The van der Waals surface area contributed by atoms with Crippen molar-refractivity contribution >= 4 is 21.8 Å². The molecule has 0 unspecified atom stereocenters. The summed E-state index contributed by atoms with van der Waals surface area (Å²) in [5, 5.41) is 6.93. The molecule has 0 atom stereocenters. The summed E-state index contributed by atoms with van der Waals surface area (Å²) in [7, 11) is 1.87. The summed E-state index contributed by atoms with van der Waals surface area (Å²) >= 11 is 3.24. The molecule has 0 aromatic carbocycles. The van der Waals surface area contributed by atoms with E-state index in [0.29, 0.717) is 16.7 Å². The molecule has 0 bridgehead atoms. The van der Waals surface area contributed by atoms with Crippen LogP contribution in [0.25, 0.3) is 0 Å². The van der Waals surface area contributed by atoms with E-state index in [2.05, 4.69) is 31.3 Å². The lowest BCUT2D eigenvalue weighted by molar-refractivity contribution is 0.0954. The summed E-state index contributed by atoms with van der Waals surface area (Å²) in [6.45, 7) is 0.588. The molecule has 6 heteroatoms. The van der Waals surface area contributed by atoms with E-state index in [-0.39, 0.29) is 5.91 Å². The second-order valence-corrected chi connectivity index (χ2v) is 4.71. The van der Waals surface area contributed by atoms with Crippen molar-refractivity contribution in [3.8, 4) is 0 Å². The summed E-state index contributed by atoms with van der Waals surface area (Å²) in [5.74, 6) is -0.0954. The molecule has 1 amide bonds. The number of rotatable bonds is 4. The van der Waals surface area contributed by atoms with Gasteiger partial charge in [-0.05, 0) is 40.0 Å². The van der Waals surface area contributed by atoms with Gasteiger partial charge in [0.25, 0.3) is 5.91 Å². The topological polar surface area (TPSA) is 59.8 Å². The van der Waals surface area contributed by atoms with Crippen LogP contribution >= 0.6 is 15.9 Å². The maximum atomic E-state index is 11.8. The molecule has 2 heterocycles. The highest BCUT2D eigenvalue weighted by molar-refractivity contribution is 9.10. The van der Waals surface area contributed by atoms with Gasteiger partial charge in [0, 0.05) is 31.5 Å². The number of carbonyl (C=O) groups is 1. The summed E-state index contributed by atoms with van der Waals surface area (Å²) in [5.41, 5.74) is 1.71. The zero-order valence-electron chi connectivity index (χ0n) is 9.93. The van der Waals surface area contributed by atoms with E-state index < -0.39 is 0 Å². The lowest BCUT2D eigenvalue weighted by atomic mass is 10.2. The van der Waals surface area contributed by atoms with Crippen LogP contribution in [-0.4, -0.2) is 27.2 Å². The number of pyridine rings is 1. The van der Waals surface area contributed by atoms with Crippen molar-refractivity contribution in [3.63, 3.8) is 0 Å². The normalized spacial score (nSPS) is 10.3. The van der Waals surface area contributed by atoms with Gasteiger partial charge in [0.2, 0.25) is 0 Å². The molecular weight excluding hydrogens is 296 g/mol. The monoisotopic (exact) mass is 308 g/mol. The third-order valence-corrected chi connectivity index (χ3v) is 2.88. The number of hydrogen-bond acceptors (Lipinski definition) is 3. The molecule has 1 N–H and O–H groups in total. The summed E-state index contributed by atoms with van der Waals surface area (Å²) in [4.78, 5) is 15.8. The van der Waals surface area contributed by atoms with Crippen LogP contribution in [0.5, 0.6) is 0 Å². The third-order valence-electron chi connectivity index (χ3n) is 2.45. The van der Waals surface area contributed by atoms with Crippen LogP contribution < -0.4 is 5.32 Å². The van der Waals surface area contributed by atoms with Crippen LogP contribution in [0.3, 0.4) is 0 Å². The van der Waals surface area contributed by atoms with Crippen LogP contribution in [-0.2, 0) is 13.5 Å². The van der Waals surface area contributed by atoms with Crippen LogP contribution in [0.15, 0.2) is 35.3 Å². The fourth-order valence-electron chi connectivity index (χ4n) is 1.57. The molecule has 0 aliphatic carbocycles. The quantitative estimate of drug-likeness (QED) is 0.872. The average Bonchev–Trinajstić information content (AvgIpc) is 2.75. The smallest absolute Gasteiger partial charge is 0.251 e. The van der Waals surface area contributed by atoms with Gasteiger partial charge >= 0.3 is 0 Å². The molecule has 0 saturated carbocycles. The standard InChI is InChI=1S/C12H13BrN4O/c1-17-8-9(7-16-17)2-4-15-12(18)10-3-5-14-11(13)6-10/h3,5-8H,2,4H2,1H3,(H,15,18). The van der Waals surface area contributed by atoms with Gasteiger partial charge in [0.05, 0.1) is 6.20 Å². The van der Waals surface area contributed by atoms with Gasteiger partial charge < -0.3 is 5.32 Å². The van der Waals surface area contributed by atoms with Crippen molar-refractivity contribution in [2.45, 2.75) is 6.42 Å². The number of nitrogens with zero attached hydrogens (tertiary/aromatic N) is 3. The van der Waals surface area contributed by atoms with E-state index >= 15 is 0 Å². The molecule has 0 aliphatic rings. The van der Waals surface area contributed by atoms with E-state index in [1.165, 1.54) is 0 Å². The van der Waals surface area contributed by atoms with Gasteiger partial charge in [0.15, 0.2) is 0 Å². The average molecular weight is 309 g/mol. The Hall–Kier alpha value is -1.69. The van der Waals surface area contributed by atoms with E-state index in [4.69, 9.17) is 0 Å². The van der Waals surface area contributed by atoms with Gasteiger partial charge in [0.1, 0.15) is 4.60 Å². The van der Waals surface area contributed by atoms with Crippen molar-refractivity contribution in [3.05, 3.63) is 46.5 Å². The molecule has 0 aliphatic heterocycles. The molecule has 2 aromatic heterocycles. The highest BCUT2D eigenvalue weighted by Crippen LogP contribution is 2.07. The maximum Gasteiger partial charge on any atom is 0.251 e. The Morgan fingerprint density at radius 3 is 3.06 bits per heavy atom.